The number of hydrogen-bond donors (Lipinski definition) is 1. The highest BCUT2D eigenvalue weighted by atomic mass is 16.3. The predicted molar refractivity (Wildman–Crippen MR) is 76.1 cm³/mol. The van der Waals surface area contributed by atoms with Gasteiger partial charge < -0.3 is 14.9 Å². The molecule has 0 amide bonds. The quantitative estimate of drug-likeness (QED) is 0.879. The number of benzene rings is 1. The lowest BCUT2D eigenvalue weighted by Gasteiger charge is -2.41. The molecule has 0 radical (unpaired) electrons. The first kappa shape index (κ1) is 13.9. The van der Waals surface area contributed by atoms with Gasteiger partial charge in [-0.3, -0.25) is 0 Å². The van der Waals surface area contributed by atoms with Crippen molar-refractivity contribution in [3.8, 4) is 6.07 Å². The molecule has 1 aliphatic rings. The highest BCUT2D eigenvalue weighted by molar-refractivity contribution is 5.59. The Labute approximate surface area is 114 Å². The fourth-order valence-corrected chi connectivity index (χ4v) is 2.71. The third-order valence-electron chi connectivity index (χ3n) is 3.75. The number of aliphatic hydroxyl groups is 1. The van der Waals surface area contributed by atoms with Gasteiger partial charge in [-0.25, -0.2) is 0 Å². The molecule has 1 fully saturated rings. The molecule has 0 saturated carbocycles. The third-order valence-corrected chi connectivity index (χ3v) is 3.75. The number of rotatable bonds is 2. The normalized spacial score (nSPS) is 22.1. The molecule has 0 aromatic heterocycles. The highest BCUT2D eigenvalue weighted by Crippen LogP contribution is 2.30. The van der Waals surface area contributed by atoms with Gasteiger partial charge in [-0.05, 0) is 33.0 Å². The Morgan fingerprint density at radius 3 is 2.74 bits per heavy atom. The summed E-state index contributed by atoms with van der Waals surface area (Å²) in [6.07, 6.45) is -0.519. The molecular formula is C15H21N3O. The molecule has 1 heterocycles. The van der Waals surface area contributed by atoms with Gasteiger partial charge in [0, 0.05) is 36.9 Å². The molecule has 1 aliphatic heterocycles. The van der Waals surface area contributed by atoms with E-state index in [9.17, 15) is 5.11 Å². The molecule has 0 aliphatic carbocycles. The number of likely N-dealkylation sites (N-methyl/N-ethyl adjacent to an activating group) is 1. The van der Waals surface area contributed by atoms with Crippen LogP contribution in [0, 0.1) is 11.3 Å². The minimum Gasteiger partial charge on any atom is -0.389 e. The summed E-state index contributed by atoms with van der Waals surface area (Å²) in [6, 6.07) is 8.08. The zero-order valence-electron chi connectivity index (χ0n) is 11.8. The van der Waals surface area contributed by atoms with Crippen molar-refractivity contribution in [1.82, 2.24) is 4.90 Å². The summed E-state index contributed by atoms with van der Waals surface area (Å²) in [6.45, 7) is 6.87. The van der Waals surface area contributed by atoms with Gasteiger partial charge in [0.1, 0.15) is 0 Å². The van der Waals surface area contributed by atoms with E-state index < -0.39 is 6.10 Å². The van der Waals surface area contributed by atoms with Gasteiger partial charge in [-0.1, -0.05) is 6.07 Å². The molecule has 102 valence electrons. The lowest BCUT2D eigenvalue weighted by Crippen LogP contribution is -2.50. The van der Waals surface area contributed by atoms with Crippen LogP contribution in [-0.2, 0) is 0 Å². The van der Waals surface area contributed by atoms with Gasteiger partial charge in [-0.2, -0.15) is 5.26 Å². The lowest BCUT2D eigenvalue weighted by atomic mass is 10.0. The average molecular weight is 259 g/mol. The van der Waals surface area contributed by atoms with Gasteiger partial charge in [0.05, 0.1) is 17.7 Å². The summed E-state index contributed by atoms with van der Waals surface area (Å²) in [5.74, 6) is 0. The van der Waals surface area contributed by atoms with Gasteiger partial charge in [0.25, 0.3) is 0 Å². The summed E-state index contributed by atoms with van der Waals surface area (Å²) in [4.78, 5) is 4.60. The SMILES string of the molecule is CC1CN(C)CCN1c1cc(C#N)ccc1[C@@H](C)O. The van der Waals surface area contributed by atoms with Crippen LogP contribution in [0.2, 0.25) is 0 Å². The number of hydrogen-bond acceptors (Lipinski definition) is 4. The molecule has 4 heteroatoms. The van der Waals surface area contributed by atoms with Crippen LogP contribution in [0.3, 0.4) is 0 Å². The van der Waals surface area contributed by atoms with E-state index in [0.717, 1.165) is 30.9 Å². The van der Waals surface area contributed by atoms with Gasteiger partial charge in [0.2, 0.25) is 0 Å². The number of nitrogens with zero attached hydrogens (tertiary/aromatic N) is 3. The molecule has 1 aromatic rings. The van der Waals surface area contributed by atoms with Crippen LogP contribution < -0.4 is 4.90 Å². The number of anilines is 1. The van der Waals surface area contributed by atoms with Crippen molar-refractivity contribution in [2.75, 3.05) is 31.6 Å². The molecule has 1 aromatic carbocycles. The van der Waals surface area contributed by atoms with E-state index in [1.54, 1.807) is 13.0 Å². The van der Waals surface area contributed by atoms with Crippen LogP contribution in [0.25, 0.3) is 0 Å². The Kier molecular flexibility index (Phi) is 4.08. The summed E-state index contributed by atoms with van der Waals surface area (Å²) in [5.41, 5.74) is 2.54. The Bertz CT molecular complexity index is 493. The summed E-state index contributed by atoms with van der Waals surface area (Å²) in [5, 5.41) is 19.0. The fourth-order valence-electron chi connectivity index (χ4n) is 2.71. The molecular weight excluding hydrogens is 238 g/mol. The maximum atomic E-state index is 9.92. The second kappa shape index (κ2) is 5.60. The zero-order valence-corrected chi connectivity index (χ0v) is 11.8. The van der Waals surface area contributed by atoms with Gasteiger partial charge in [-0.15, -0.1) is 0 Å². The first-order valence-corrected chi connectivity index (χ1v) is 6.70. The monoisotopic (exact) mass is 259 g/mol. The van der Waals surface area contributed by atoms with Crippen LogP contribution in [0.15, 0.2) is 18.2 Å². The van der Waals surface area contributed by atoms with Crippen LogP contribution in [0.1, 0.15) is 31.1 Å². The van der Waals surface area contributed by atoms with Crippen LogP contribution in [0.4, 0.5) is 5.69 Å². The van der Waals surface area contributed by atoms with E-state index in [-0.39, 0.29) is 0 Å². The fraction of sp³-hybridized carbons (Fsp3) is 0.533. The molecule has 2 atom stereocenters. The second-order valence-electron chi connectivity index (χ2n) is 5.37. The van der Waals surface area contributed by atoms with E-state index in [2.05, 4.69) is 29.8 Å². The standard InChI is InChI=1S/C15H21N3O/c1-11-10-17(3)6-7-18(11)15-8-13(9-16)4-5-14(15)12(2)19/h4-5,8,11-12,19H,6-7,10H2,1-3H3/t11?,12-/m1/s1. The van der Waals surface area contributed by atoms with Crippen molar-refractivity contribution in [3.63, 3.8) is 0 Å². The maximum absolute atomic E-state index is 9.92. The van der Waals surface area contributed by atoms with Crippen molar-refractivity contribution in [1.29, 1.82) is 5.26 Å². The van der Waals surface area contributed by atoms with Crippen molar-refractivity contribution < 1.29 is 5.11 Å². The summed E-state index contributed by atoms with van der Waals surface area (Å²) < 4.78 is 0. The van der Waals surface area contributed by atoms with Crippen molar-refractivity contribution in [2.45, 2.75) is 26.0 Å². The zero-order chi connectivity index (χ0) is 14.0. The minimum absolute atomic E-state index is 0.380. The number of aliphatic hydroxyl groups excluding tert-OH is 1. The first-order valence-electron chi connectivity index (χ1n) is 6.70. The van der Waals surface area contributed by atoms with Gasteiger partial charge in [0.15, 0.2) is 0 Å². The molecule has 0 spiro atoms. The van der Waals surface area contributed by atoms with E-state index in [4.69, 9.17) is 5.26 Å². The van der Waals surface area contributed by atoms with E-state index in [0.29, 0.717) is 11.6 Å². The van der Waals surface area contributed by atoms with Crippen LogP contribution >= 0.6 is 0 Å². The largest absolute Gasteiger partial charge is 0.389 e. The van der Waals surface area contributed by atoms with Crippen molar-refractivity contribution in [2.24, 2.45) is 0 Å². The Balaban J connectivity index is 2.39. The van der Waals surface area contributed by atoms with Gasteiger partial charge >= 0.3 is 0 Å². The number of piperazine rings is 1. The maximum Gasteiger partial charge on any atom is 0.0992 e. The molecule has 1 N–H and O–H groups in total. The Hall–Kier alpha value is -1.57. The van der Waals surface area contributed by atoms with Crippen LogP contribution in [0.5, 0.6) is 0 Å². The molecule has 19 heavy (non-hydrogen) atoms. The average Bonchev–Trinajstić information content (AvgIpc) is 2.38. The molecule has 4 nitrogen and oxygen atoms in total. The van der Waals surface area contributed by atoms with E-state index in [1.165, 1.54) is 0 Å². The van der Waals surface area contributed by atoms with E-state index in [1.807, 2.05) is 12.1 Å². The Morgan fingerprint density at radius 2 is 2.16 bits per heavy atom. The topological polar surface area (TPSA) is 50.5 Å². The van der Waals surface area contributed by atoms with Crippen molar-refractivity contribution in [3.05, 3.63) is 29.3 Å². The number of nitriles is 1. The minimum atomic E-state index is -0.519. The summed E-state index contributed by atoms with van der Waals surface area (Å²) >= 11 is 0. The highest BCUT2D eigenvalue weighted by Gasteiger charge is 2.24. The lowest BCUT2D eigenvalue weighted by molar-refractivity contribution is 0.198. The smallest absolute Gasteiger partial charge is 0.0992 e. The molecule has 1 saturated heterocycles. The predicted octanol–water partition coefficient (Wildman–Crippen LogP) is 1.75. The Morgan fingerprint density at radius 1 is 1.42 bits per heavy atom. The second-order valence-corrected chi connectivity index (χ2v) is 5.37. The van der Waals surface area contributed by atoms with E-state index >= 15 is 0 Å². The molecule has 1 unspecified atom stereocenters. The first-order chi connectivity index (χ1) is 9.02. The summed E-state index contributed by atoms with van der Waals surface area (Å²) in [7, 11) is 2.12. The van der Waals surface area contributed by atoms with Crippen molar-refractivity contribution >= 4 is 5.69 Å². The molecule has 2 rings (SSSR count). The van der Waals surface area contributed by atoms with Crippen LogP contribution in [-0.4, -0.2) is 42.7 Å². The third kappa shape index (κ3) is 2.89. The molecule has 0 bridgehead atoms.